The minimum absolute atomic E-state index is 0.193. The summed E-state index contributed by atoms with van der Waals surface area (Å²) in [4.78, 5) is 18.2. The van der Waals surface area contributed by atoms with Crippen molar-refractivity contribution in [3.05, 3.63) is 65.4 Å². The van der Waals surface area contributed by atoms with Crippen LogP contribution in [0.25, 0.3) is 16.5 Å². The minimum Gasteiger partial charge on any atom is -0.444 e. The van der Waals surface area contributed by atoms with Crippen molar-refractivity contribution in [3.63, 3.8) is 0 Å². The average Bonchev–Trinajstić information content (AvgIpc) is 3.63. The molecule has 1 aliphatic heterocycles. The van der Waals surface area contributed by atoms with Crippen LogP contribution < -0.4 is 0 Å². The maximum atomic E-state index is 12.5. The molecule has 1 amide bonds. The normalized spacial score (nSPS) is 18.8. The number of rotatable bonds is 8. The molecule has 4 heteroatoms. The van der Waals surface area contributed by atoms with Crippen LogP contribution in [-0.4, -0.2) is 34.7 Å². The Kier molecular flexibility index (Phi) is 8.59. The first kappa shape index (κ1) is 28.3. The number of piperidine rings is 1. The molecule has 1 N–H and O–H groups in total. The molecule has 206 valence electrons. The van der Waals surface area contributed by atoms with Gasteiger partial charge in [-0.15, -0.1) is 0 Å². The van der Waals surface area contributed by atoms with Crippen molar-refractivity contribution >= 4 is 22.6 Å². The molecule has 1 unspecified atom stereocenters. The van der Waals surface area contributed by atoms with Crippen LogP contribution in [0.1, 0.15) is 109 Å². The molecule has 1 aromatic heterocycles. The summed E-state index contributed by atoms with van der Waals surface area (Å²) >= 11 is 0. The highest BCUT2D eigenvalue weighted by atomic mass is 16.6. The summed E-state index contributed by atoms with van der Waals surface area (Å²) in [6.07, 6.45) is 12.1. The van der Waals surface area contributed by atoms with Crippen LogP contribution >= 0.6 is 0 Å². The molecule has 1 aromatic carbocycles. The standard InChI is InChI=1S/C34H48N2O2/c1-9-11-27(21-28(23(5)10-2)25-12-13-25)32-31(22(3)4)29-20-26(14-15-30(29)35-32)24-16-18-36(19-17-24)33(37)38-34(6,7)8/h9,11,14-15,20-25,35H,1,10,12-13,16-19H2,2-8H3/b27-11+,28-21+. The summed E-state index contributed by atoms with van der Waals surface area (Å²) in [5, 5.41) is 1.32. The number of hydrogen-bond acceptors (Lipinski definition) is 2. The first-order chi connectivity index (χ1) is 18.0. The number of allylic oxidation sites excluding steroid dienone is 5. The second kappa shape index (κ2) is 11.6. The van der Waals surface area contributed by atoms with E-state index < -0.39 is 5.60 Å². The van der Waals surface area contributed by atoms with Gasteiger partial charge in [-0.3, -0.25) is 0 Å². The molecule has 1 aliphatic carbocycles. The number of nitrogens with zero attached hydrogens (tertiary/aromatic N) is 1. The summed E-state index contributed by atoms with van der Waals surface area (Å²) in [6.45, 7) is 20.5. The first-order valence-electron chi connectivity index (χ1n) is 14.7. The predicted molar refractivity (Wildman–Crippen MR) is 161 cm³/mol. The Balaban J connectivity index is 1.64. The Labute approximate surface area is 230 Å². The van der Waals surface area contributed by atoms with Crippen molar-refractivity contribution < 1.29 is 9.53 Å². The molecule has 1 saturated carbocycles. The molecule has 0 bridgehead atoms. The van der Waals surface area contributed by atoms with E-state index in [4.69, 9.17) is 4.74 Å². The molecule has 0 radical (unpaired) electrons. The maximum absolute atomic E-state index is 12.5. The van der Waals surface area contributed by atoms with Crippen LogP contribution in [0.15, 0.2) is 48.6 Å². The second-order valence-electron chi connectivity index (χ2n) is 12.7. The third-order valence-corrected chi connectivity index (χ3v) is 8.20. The molecule has 4 nitrogen and oxygen atoms in total. The van der Waals surface area contributed by atoms with Crippen molar-refractivity contribution in [1.29, 1.82) is 0 Å². The number of benzene rings is 1. The van der Waals surface area contributed by atoms with E-state index in [9.17, 15) is 4.79 Å². The fraction of sp³-hybridized carbons (Fsp3) is 0.559. The van der Waals surface area contributed by atoms with Crippen LogP contribution in [-0.2, 0) is 4.74 Å². The van der Waals surface area contributed by atoms with Gasteiger partial charge in [-0.2, -0.15) is 0 Å². The lowest BCUT2D eigenvalue weighted by molar-refractivity contribution is 0.0205. The van der Waals surface area contributed by atoms with Gasteiger partial charge in [-0.05, 0) is 105 Å². The Morgan fingerprint density at radius 2 is 1.84 bits per heavy atom. The van der Waals surface area contributed by atoms with Crippen LogP contribution in [0, 0.1) is 11.8 Å². The monoisotopic (exact) mass is 516 g/mol. The van der Waals surface area contributed by atoms with E-state index in [0.29, 0.717) is 17.8 Å². The molecule has 38 heavy (non-hydrogen) atoms. The second-order valence-corrected chi connectivity index (χ2v) is 12.7. The third-order valence-electron chi connectivity index (χ3n) is 8.20. The van der Waals surface area contributed by atoms with Crippen molar-refractivity contribution in [2.75, 3.05) is 13.1 Å². The van der Waals surface area contributed by atoms with Gasteiger partial charge in [0.05, 0.1) is 0 Å². The van der Waals surface area contributed by atoms with E-state index >= 15 is 0 Å². The maximum Gasteiger partial charge on any atom is 0.410 e. The Morgan fingerprint density at radius 1 is 1.16 bits per heavy atom. The molecule has 1 atom stereocenters. The molecule has 2 aliphatic rings. The molecule has 2 heterocycles. The highest BCUT2D eigenvalue weighted by molar-refractivity contribution is 5.92. The van der Waals surface area contributed by atoms with Crippen molar-refractivity contribution in [1.82, 2.24) is 9.88 Å². The van der Waals surface area contributed by atoms with Gasteiger partial charge in [0.25, 0.3) is 0 Å². The van der Waals surface area contributed by atoms with Crippen molar-refractivity contribution in [2.45, 2.75) is 98.0 Å². The zero-order valence-electron chi connectivity index (χ0n) is 24.7. The van der Waals surface area contributed by atoms with E-state index in [1.54, 1.807) is 5.57 Å². The van der Waals surface area contributed by atoms with Crippen LogP contribution in [0.5, 0.6) is 0 Å². The van der Waals surface area contributed by atoms with Gasteiger partial charge in [0, 0.05) is 29.7 Å². The molecular weight excluding hydrogens is 468 g/mol. The van der Waals surface area contributed by atoms with Gasteiger partial charge in [0.2, 0.25) is 0 Å². The van der Waals surface area contributed by atoms with Crippen molar-refractivity contribution in [2.24, 2.45) is 11.8 Å². The molecular formula is C34H48N2O2. The molecule has 1 saturated heterocycles. The molecule has 2 aromatic rings. The zero-order chi connectivity index (χ0) is 27.6. The number of likely N-dealkylation sites (tertiary alicyclic amines) is 1. The van der Waals surface area contributed by atoms with Crippen LogP contribution in [0.2, 0.25) is 0 Å². The number of hydrogen-bond donors (Lipinski definition) is 1. The van der Waals surface area contributed by atoms with Gasteiger partial charge in [-0.1, -0.05) is 64.1 Å². The number of fused-ring (bicyclic) bond motifs is 1. The Bertz CT molecular complexity index is 1210. The number of carbonyl (C=O) groups is 1. The number of carbonyl (C=O) groups excluding carboxylic acids is 1. The summed E-state index contributed by atoms with van der Waals surface area (Å²) in [6, 6.07) is 6.94. The Morgan fingerprint density at radius 3 is 2.39 bits per heavy atom. The van der Waals surface area contributed by atoms with E-state index in [2.05, 4.69) is 69.6 Å². The molecule has 4 rings (SSSR count). The minimum atomic E-state index is -0.458. The van der Waals surface area contributed by atoms with Gasteiger partial charge in [0.15, 0.2) is 0 Å². The molecule has 2 fully saturated rings. The topological polar surface area (TPSA) is 45.3 Å². The number of ether oxygens (including phenoxy) is 1. The SMILES string of the molecule is C=C/C=C(\C=C(/C(C)CC)C1CC1)c1[nH]c2ccc(C3CCN(C(=O)OC(C)(C)C)CC3)cc2c1C(C)C. The van der Waals surface area contributed by atoms with Crippen LogP contribution in [0.4, 0.5) is 4.79 Å². The van der Waals surface area contributed by atoms with Crippen molar-refractivity contribution in [3.8, 4) is 0 Å². The lowest BCUT2D eigenvalue weighted by atomic mass is 9.87. The zero-order valence-corrected chi connectivity index (χ0v) is 24.7. The summed E-state index contributed by atoms with van der Waals surface area (Å²) < 4.78 is 5.60. The predicted octanol–water partition coefficient (Wildman–Crippen LogP) is 9.36. The lowest BCUT2D eigenvalue weighted by Crippen LogP contribution is -2.41. The largest absolute Gasteiger partial charge is 0.444 e. The van der Waals surface area contributed by atoms with Gasteiger partial charge in [-0.25, -0.2) is 4.79 Å². The van der Waals surface area contributed by atoms with E-state index in [1.807, 2.05) is 31.7 Å². The summed E-state index contributed by atoms with van der Waals surface area (Å²) in [5.74, 6) is 2.17. The quantitative estimate of drug-likeness (QED) is 0.355. The fourth-order valence-electron chi connectivity index (χ4n) is 5.86. The van der Waals surface area contributed by atoms with Gasteiger partial charge in [0.1, 0.15) is 5.60 Å². The number of aromatic nitrogens is 1. The van der Waals surface area contributed by atoms with Gasteiger partial charge < -0.3 is 14.6 Å². The number of amides is 1. The van der Waals surface area contributed by atoms with E-state index in [0.717, 1.165) is 31.8 Å². The lowest BCUT2D eigenvalue weighted by Gasteiger charge is -2.33. The van der Waals surface area contributed by atoms with Gasteiger partial charge >= 0.3 is 6.09 Å². The summed E-state index contributed by atoms with van der Waals surface area (Å²) in [5.41, 5.74) is 7.56. The highest BCUT2D eigenvalue weighted by Crippen LogP contribution is 2.43. The smallest absolute Gasteiger partial charge is 0.410 e. The number of H-pyrrole nitrogens is 1. The van der Waals surface area contributed by atoms with E-state index in [-0.39, 0.29) is 6.09 Å². The average molecular weight is 517 g/mol. The number of aromatic amines is 1. The summed E-state index contributed by atoms with van der Waals surface area (Å²) in [7, 11) is 0. The fourth-order valence-corrected chi connectivity index (χ4v) is 5.86. The third kappa shape index (κ3) is 6.45. The van der Waals surface area contributed by atoms with Crippen LogP contribution in [0.3, 0.4) is 0 Å². The highest BCUT2D eigenvalue weighted by Gasteiger charge is 2.30. The Hall–Kier alpha value is -2.75. The first-order valence-corrected chi connectivity index (χ1v) is 14.7. The number of nitrogens with one attached hydrogen (secondary N) is 1. The molecule has 0 spiro atoms. The van der Waals surface area contributed by atoms with E-state index in [1.165, 1.54) is 52.6 Å².